The molecule has 44 heavy (non-hydrogen) atoms. The number of carbonyl (C=O) groups excluding carboxylic acids is 2. The summed E-state index contributed by atoms with van der Waals surface area (Å²) in [7, 11) is 1.42. The molecule has 2 N–H and O–H groups in total. The monoisotopic (exact) mass is 637 g/mol. The van der Waals surface area contributed by atoms with Crippen LogP contribution in [0.5, 0.6) is 5.75 Å². The molecule has 3 aromatic rings. The topological polar surface area (TPSA) is 99.2 Å². The lowest BCUT2D eigenvalue weighted by Crippen LogP contribution is -2.54. The molecule has 11 heteroatoms. The molecule has 3 heterocycles. The minimum atomic E-state index is -1.40. The standard InChI is InChI=1S/C33H30Cl2FN3O5/c1-16-12-18(16)15-39-25-10-11-38(24-9-6-17(31(41)42)13-26(24)44-2)30(40)27(25)28(20-4-3-5-22(35)29(20)36)33(39)21-8-7-19(34)14-23(21)37-32(33)43/h3-9,13-14,16,18,25,27-28H,10-12,15H2,1-2H3,(H,37,43)(H,41,42)/t16?,18?,25-,27+,28-,33+/m0/s1. The zero-order valence-electron chi connectivity index (χ0n) is 24.0. The summed E-state index contributed by atoms with van der Waals surface area (Å²) in [5.41, 5.74) is 0.429. The highest BCUT2D eigenvalue weighted by atomic mass is 35.5. The third-order valence-electron chi connectivity index (χ3n) is 10.0. The van der Waals surface area contributed by atoms with Crippen molar-refractivity contribution in [2.24, 2.45) is 17.8 Å². The number of carboxylic acids is 1. The van der Waals surface area contributed by atoms with Crippen molar-refractivity contribution in [3.8, 4) is 5.75 Å². The molecule has 0 radical (unpaired) electrons. The average Bonchev–Trinajstić information content (AvgIpc) is 3.51. The Hall–Kier alpha value is -3.66. The number of likely N-dealkylation sites (tertiary alicyclic amines) is 1. The summed E-state index contributed by atoms with van der Waals surface area (Å²) in [6.07, 6.45) is 1.50. The molecule has 2 saturated heterocycles. The number of piperidine rings is 1. The minimum Gasteiger partial charge on any atom is -0.495 e. The molecule has 228 valence electrons. The smallest absolute Gasteiger partial charge is 0.335 e. The number of methoxy groups -OCH3 is 1. The number of carbonyl (C=O) groups is 3. The van der Waals surface area contributed by atoms with Gasteiger partial charge in [-0.25, -0.2) is 9.18 Å². The number of fused-ring (bicyclic) bond motifs is 3. The number of amides is 2. The van der Waals surface area contributed by atoms with Crippen molar-refractivity contribution in [1.29, 1.82) is 0 Å². The molecule has 1 spiro atoms. The quantitative estimate of drug-likeness (QED) is 0.336. The van der Waals surface area contributed by atoms with Gasteiger partial charge >= 0.3 is 5.97 Å². The van der Waals surface area contributed by atoms with E-state index in [1.165, 1.54) is 25.3 Å². The first-order valence-corrected chi connectivity index (χ1v) is 15.4. The second kappa shape index (κ2) is 10.5. The van der Waals surface area contributed by atoms with Gasteiger partial charge in [0.25, 0.3) is 0 Å². The molecule has 6 atom stereocenters. The minimum absolute atomic E-state index is 0.0225. The average molecular weight is 639 g/mol. The summed E-state index contributed by atoms with van der Waals surface area (Å²) in [6.45, 7) is 3.04. The molecule has 3 fully saturated rings. The Balaban J connectivity index is 1.44. The molecule has 4 aliphatic rings. The number of nitrogens with one attached hydrogen (secondary N) is 1. The number of benzene rings is 3. The van der Waals surface area contributed by atoms with Crippen LogP contribution in [0.1, 0.15) is 47.2 Å². The second-order valence-electron chi connectivity index (χ2n) is 12.2. The third-order valence-corrected chi connectivity index (χ3v) is 10.5. The lowest BCUT2D eigenvalue weighted by Gasteiger charge is -2.40. The highest BCUT2D eigenvalue weighted by molar-refractivity contribution is 6.31. The first-order chi connectivity index (χ1) is 21.1. The Labute approximate surface area is 263 Å². The van der Waals surface area contributed by atoms with Gasteiger partial charge in [-0.05, 0) is 66.6 Å². The molecule has 2 unspecified atom stereocenters. The van der Waals surface area contributed by atoms with Crippen LogP contribution in [-0.2, 0) is 15.1 Å². The summed E-state index contributed by atoms with van der Waals surface area (Å²) < 4.78 is 21.7. The van der Waals surface area contributed by atoms with Crippen molar-refractivity contribution in [2.75, 3.05) is 30.4 Å². The fourth-order valence-electron chi connectivity index (χ4n) is 7.83. The van der Waals surface area contributed by atoms with Crippen LogP contribution in [0.4, 0.5) is 15.8 Å². The molecule has 1 aliphatic carbocycles. The number of aromatic carboxylic acids is 1. The molecule has 7 rings (SSSR count). The number of hydrogen-bond donors (Lipinski definition) is 2. The van der Waals surface area contributed by atoms with E-state index in [1.54, 1.807) is 35.2 Å². The number of hydrogen-bond acceptors (Lipinski definition) is 5. The SMILES string of the molecule is COc1cc(C(=O)O)ccc1N1CC[C@H]2[C@@H](C1=O)[C@H](c1cccc(Cl)c1F)[C@]1(C(=O)Nc3cc(Cl)ccc31)N2CC1CC1C. The number of halogens is 3. The fourth-order valence-corrected chi connectivity index (χ4v) is 8.19. The van der Waals surface area contributed by atoms with Gasteiger partial charge in [0.1, 0.15) is 17.1 Å². The summed E-state index contributed by atoms with van der Waals surface area (Å²) in [6, 6.07) is 13.9. The third kappa shape index (κ3) is 4.16. The normalized spacial score (nSPS) is 29.0. The Morgan fingerprint density at radius 1 is 1.16 bits per heavy atom. The van der Waals surface area contributed by atoms with Gasteiger partial charge in [-0.2, -0.15) is 0 Å². The first kappa shape index (κ1) is 29.1. The fraction of sp³-hybridized carbons (Fsp3) is 0.364. The predicted octanol–water partition coefficient (Wildman–Crippen LogP) is 6.16. The van der Waals surface area contributed by atoms with Crippen molar-refractivity contribution >= 4 is 52.4 Å². The maximum absolute atomic E-state index is 16.2. The Kier molecular flexibility index (Phi) is 6.91. The summed E-state index contributed by atoms with van der Waals surface area (Å²) in [4.78, 5) is 44.7. The van der Waals surface area contributed by atoms with E-state index in [9.17, 15) is 19.5 Å². The second-order valence-corrected chi connectivity index (χ2v) is 13.1. The van der Waals surface area contributed by atoms with E-state index in [0.29, 0.717) is 53.3 Å². The van der Waals surface area contributed by atoms with E-state index in [0.717, 1.165) is 6.42 Å². The Morgan fingerprint density at radius 3 is 2.64 bits per heavy atom. The molecular formula is C33H30Cl2FN3O5. The summed E-state index contributed by atoms with van der Waals surface area (Å²) >= 11 is 12.7. The van der Waals surface area contributed by atoms with Gasteiger partial charge in [0.2, 0.25) is 11.8 Å². The molecule has 0 aromatic heterocycles. The van der Waals surface area contributed by atoms with Crippen LogP contribution in [0.25, 0.3) is 0 Å². The van der Waals surface area contributed by atoms with Gasteiger partial charge in [-0.15, -0.1) is 0 Å². The van der Waals surface area contributed by atoms with E-state index in [4.69, 9.17) is 27.9 Å². The molecule has 2 amide bonds. The van der Waals surface area contributed by atoms with Crippen LogP contribution in [0.3, 0.4) is 0 Å². The first-order valence-electron chi connectivity index (χ1n) is 14.6. The highest BCUT2D eigenvalue weighted by Gasteiger charge is 2.70. The maximum Gasteiger partial charge on any atom is 0.335 e. The summed E-state index contributed by atoms with van der Waals surface area (Å²) in [5, 5.41) is 12.9. The van der Waals surface area contributed by atoms with E-state index in [-0.39, 0.29) is 39.8 Å². The Bertz CT molecular complexity index is 1740. The van der Waals surface area contributed by atoms with Crippen LogP contribution in [0.2, 0.25) is 10.0 Å². The van der Waals surface area contributed by atoms with Crippen LogP contribution < -0.4 is 15.0 Å². The Morgan fingerprint density at radius 2 is 1.93 bits per heavy atom. The van der Waals surface area contributed by atoms with Crippen LogP contribution in [0, 0.1) is 23.6 Å². The lowest BCUT2D eigenvalue weighted by atomic mass is 9.70. The van der Waals surface area contributed by atoms with E-state index >= 15 is 4.39 Å². The van der Waals surface area contributed by atoms with Crippen LogP contribution in [0.15, 0.2) is 54.6 Å². The number of carboxylic acid groups (broad SMARTS) is 1. The van der Waals surface area contributed by atoms with E-state index in [2.05, 4.69) is 17.1 Å². The van der Waals surface area contributed by atoms with Crippen molar-refractivity contribution in [3.63, 3.8) is 0 Å². The molecule has 0 bridgehead atoms. The van der Waals surface area contributed by atoms with Gasteiger partial charge in [0.05, 0.1) is 29.3 Å². The van der Waals surface area contributed by atoms with Gasteiger partial charge < -0.3 is 20.1 Å². The lowest BCUT2D eigenvalue weighted by molar-refractivity contribution is -0.128. The maximum atomic E-state index is 16.2. The predicted molar refractivity (Wildman–Crippen MR) is 164 cm³/mol. The molecule has 3 aliphatic heterocycles. The molecule has 1 saturated carbocycles. The molecule has 3 aromatic carbocycles. The molecule has 8 nitrogen and oxygen atoms in total. The van der Waals surface area contributed by atoms with Crippen molar-refractivity contribution < 1.29 is 28.6 Å². The van der Waals surface area contributed by atoms with Crippen LogP contribution in [-0.4, -0.2) is 54.0 Å². The summed E-state index contributed by atoms with van der Waals surface area (Å²) in [5.74, 6) is -3.14. The van der Waals surface area contributed by atoms with Crippen LogP contribution >= 0.6 is 23.2 Å². The van der Waals surface area contributed by atoms with E-state index in [1.807, 2.05) is 6.07 Å². The zero-order valence-corrected chi connectivity index (χ0v) is 25.5. The molecular weight excluding hydrogens is 608 g/mol. The zero-order chi connectivity index (χ0) is 31.1. The number of nitrogens with zero attached hydrogens (tertiary/aromatic N) is 2. The van der Waals surface area contributed by atoms with E-state index < -0.39 is 29.2 Å². The van der Waals surface area contributed by atoms with Crippen molar-refractivity contribution in [3.05, 3.63) is 87.2 Å². The van der Waals surface area contributed by atoms with Gasteiger partial charge in [0.15, 0.2) is 0 Å². The number of anilines is 2. The largest absolute Gasteiger partial charge is 0.495 e. The number of ether oxygens (including phenoxy) is 1. The van der Waals surface area contributed by atoms with Gasteiger partial charge in [-0.3, -0.25) is 14.5 Å². The highest BCUT2D eigenvalue weighted by Crippen LogP contribution is 2.62. The van der Waals surface area contributed by atoms with Gasteiger partial charge in [0, 0.05) is 41.3 Å². The van der Waals surface area contributed by atoms with Crippen molar-refractivity contribution in [1.82, 2.24) is 4.90 Å². The number of rotatable bonds is 6. The van der Waals surface area contributed by atoms with Gasteiger partial charge in [-0.1, -0.05) is 48.3 Å². The van der Waals surface area contributed by atoms with Crippen molar-refractivity contribution in [2.45, 2.75) is 37.3 Å².